The van der Waals surface area contributed by atoms with Gasteiger partial charge in [0.2, 0.25) is 5.91 Å². The van der Waals surface area contributed by atoms with Crippen LogP contribution in [0.2, 0.25) is 0 Å². The largest absolute Gasteiger partial charge is 0.333 e. The predicted octanol–water partition coefficient (Wildman–Crippen LogP) is 5.87. The van der Waals surface area contributed by atoms with E-state index in [4.69, 9.17) is 12.2 Å². The second-order valence-electron chi connectivity index (χ2n) is 8.27. The van der Waals surface area contributed by atoms with Crippen molar-refractivity contribution in [3.05, 3.63) is 75.1 Å². The van der Waals surface area contributed by atoms with Crippen LogP contribution in [0.15, 0.2) is 64.0 Å². The maximum absolute atomic E-state index is 13.1. The molecule has 7 heteroatoms. The van der Waals surface area contributed by atoms with Gasteiger partial charge in [-0.3, -0.25) is 14.5 Å². The van der Waals surface area contributed by atoms with Crippen molar-refractivity contribution in [2.45, 2.75) is 39.3 Å². The molecular weight excluding hydrogens is 492 g/mol. The molecule has 162 valence electrons. The molecule has 3 rings (SSSR count). The lowest BCUT2D eigenvalue weighted by molar-refractivity contribution is -0.137. The highest BCUT2D eigenvalue weighted by Gasteiger charge is 2.33. The van der Waals surface area contributed by atoms with Crippen LogP contribution in [-0.4, -0.2) is 38.0 Å². The molecule has 0 bridgehead atoms. The first-order valence-corrected chi connectivity index (χ1v) is 12.0. The van der Waals surface area contributed by atoms with Crippen LogP contribution in [0.25, 0.3) is 6.08 Å². The van der Waals surface area contributed by atoms with Crippen LogP contribution in [0.1, 0.15) is 38.3 Å². The van der Waals surface area contributed by atoms with Crippen LogP contribution in [0, 0.1) is 0 Å². The van der Waals surface area contributed by atoms with Crippen LogP contribution in [0.3, 0.4) is 0 Å². The standard InChI is InChI=1S/C24H25BrN2O2S2/c1-24(2,3)27(16-17-8-5-4-6-9-17)21(28)12-13-26-22(29)20(31-23(26)30)15-18-10-7-11-19(25)14-18/h4-11,14-15H,12-13,16H2,1-3H3/b20-15-. The summed E-state index contributed by atoms with van der Waals surface area (Å²) >= 11 is 10.2. The van der Waals surface area contributed by atoms with Crippen LogP contribution in [0.4, 0.5) is 0 Å². The van der Waals surface area contributed by atoms with E-state index in [0.717, 1.165) is 15.6 Å². The second kappa shape index (κ2) is 10.1. The fourth-order valence-corrected chi connectivity index (χ4v) is 4.97. The van der Waals surface area contributed by atoms with Crippen LogP contribution in [0.5, 0.6) is 0 Å². The first-order chi connectivity index (χ1) is 14.6. The zero-order valence-corrected chi connectivity index (χ0v) is 21.0. The van der Waals surface area contributed by atoms with Gasteiger partial charge in [-0.25, -0.2) is 0 Å². The number of thioether (sulfide) groups is 1. The quantitative estimate of drug-likeness (QED) is 0.355. The highest BCUT2D eigenvalue weighted by atomic mass is 79.9. The molecule has 1 aliphatic heterocycles. The third-order valence-electron chi connectivity index (χ3n) is 4.86. The summed E-state index contributed by atoms with van der Waals surface area (Å²) in [6.45, 7) is 6.88. The summed E-state index contributed by atoms with van der Waals surface area (Å²) in [6, 6.07) is 17.7. The molecular formula is C24H25BrN2O2S2. The Kier molecular flexibility index (Phi) is 7.73. The van der Waals surface area contributed by atoms with Gasteiger partial charge in [-0.2, -0.15) is 0 Å². The van der Waals surface area contributed by atoms with Crippen molar-refractivity contribution in [2.24, 2.45) is 0 Å². The van der Waals surface area contributed by atoms with Crippen molar-refractivity contribution < 1.29 is 9.59 Å². The Morgan fingerprint density at radius 3 is 2.52 bits per heavy atom. The highest BCUT2D eigenvalue weighted by Crippen LogP contribution is 2.33. The lowest BCUT2D eigenvalue weighted by Crippen LogP contribution is -2.46. The summed E-state index contributed by atoms with van der Waals surface area (Å²) in [7, 11) is 0. The van der Waals surface area contributed by atoms with Crippen LogP contribution < -0.4 is 0 Å². The predicted molar refractivity (Wildman–Crippen MR) is 135 cm³/mol. The first kappa shape index (κ1) is 23.7. The van der Waals surface area contributed by atoms with Gasteiger partial charge >= 0.3 is 0 Å². The Bertz CT molecular complexity index is 1020. The molecule has 4 nitrogen and oxygen atoms in total. The van der Waals surface area contributed by atoms with Crippen molar-refractivity contribution in [1.82, 2.24) is 9.80 Å². The van der Waals surface area contributed by atoms with E-state index >= 15 is 0 Å². The van der Waals surface area contributed by atoms with Gasteiger partial charge < -0.3 is 4.90 Å². The third kappa shape index (κ3) is 6.28. The van der Waals surface area contributed by atoms with Crippen LogP contribution >= 0.6 is 39.9 Å². The fraction of sp³-hybridized carbons (Fsp3) is 0.292. The summed E-state index contributed by atoms with van der Waals surface area (Å²) in [6.07, 6.45) is 2.06. The fourth-order valence-electron chi connectivity index (χ4n) is 3.25. The molecule has 0 radical (unpaired) electrons. The number of benzene rings is 2. The van der Waals surface area contributed by atoms with E-state index in [2.05, 4.69) is 15.9 Å². The van der Waals surface area contributed by atoms with Gasteiger partial charge in [0.1, 0.15) is 4.32 Å². The topological polar surface area (TPSA) is 40.6 Å². The molecule has 0 aliphatic carbocycles. The van der Waals surface area contributed by atoms with Gasteiger partial charge in [0.05, 0.1) is 4.91 Å². The first-order valence-electron chi connectivity index (χ1n) is 10.0. The molecule has 0 saturated carbocycles. The maximum Gasteiger partial charge on any atom is 0.266 e. The molecule has 1 saturated heterocycles. The molecule has 2 amide bonds. The molecule has 1 heterocycles. The van der Waals surface area contributed by atoms with Crippen molar-refractivity contribution in [3.8, 4) is 0 Å². The van der Waals surface area contributed by atoms with E-state index in [1.165, 1.54) is 16.7 Å². The molecule has 1 fully saturated rings. The molecule has 0 spiro atoms. The zero-order chi connectivity index (χ0) is 22.6. The van der Waals surface area contributed by atoms with Gasteiger partial charge in [-0.1, -0.05) is 82.4 Å². The van der Waals surface area contributed by atoms with Gasteiger partial charge in [-0.15, -0.1) is 0 Å². The van der Waals surface area contributed by atoms with E-state index in [-0.39, 0.29) is 30.3 Å². The van der Waals surface area contributed by atoms with E-state index in [1.54, 1.807) is 0 Å². The van der Waals surface area contributed by atoms with Crippen molar-refractivity contribution in [3.63, 3.8) is 0 Å². The Hall–Kier alpha value is -1.96. The number of hydrogen-bond acceptors (Lipinski definition) is 4. The lowest BCUT2D eigenvalue weighted by atomic mass is 10.0. The molecule has 2 aromatic carbocycles. The number of nitrogens with zero attached hydrogens (tertiary/aromatic N) is 2. The molecule has 31 heavy (non-hydrogen) atoms. The minimum absolute atomic E-state index is 0.00127. The van der Waals surface area contributed by atoms with E-state index in [0.29, 0.717) is 15.8 Å². The molecule has 0 aromatic heterocycles. The molecule has 0 unspecified atom stereocenters. The summed E-state index contributed by atoms with van der Waals surface area (Å²) < 4.78 is 1.44. The third-order valence-corrected chi connectivity index (χ3v) is 6.73. The summed E-state index contributed by atoms with van der Waals surface area (Å²) in [5.74, 6) is -0.144. The SMILES string of the molecule is CC(C)(C)N(Cc1ccccc1)C(=O)CCN1C(=O)/C(=C/c2cccc(Br)c2)SC1=S. The average Bonchev–Trinajstić information content (AvgIpc) is 2.97. The summed E-state index contributed by atoms with van der Waals surface area (Å²) in [4.78, 5) is 29.9. The maximum atomic E-state index is 13.1. The summed E-state index contributed by atoms with van der Waals surface area (Å²) in [5, 5.41) is 0. The lowest BCUT2D eigenvalue weighted by Gasteiger charge is -2.36. The monoisotopic (exact) mass is 516 g/mol. The van der Waals surface area contributed by atoms with E-state index in [1.807, 2.05) is 86.3 Å². The molecule has 0 N–H and O–H groups in total. The normalized spacial score (nSPS) is 15.6. The van der Waals surface area contributed by atoms with Crippen molar-refractivity contribution >= 4 is 62.1 Å². The number of carbonyl (C=O) groups excluding carboxylic acids is 2. The van der Waals surface area contributed by atoms with Gasteiger partial charge in [0.25, 0.3) is 5.91 Å². The Morgan fingerprint density at radius 2 is 1.87 bits per heavy atom. The number of thiocarbonyl (C=S) groups is 1. The number of carbonyl (C=O) groups is 2. The highest BCUT2D eigenvalue weighted by molar-refractivity contribution is 9.10. The van der Waals surface area contributed by atoms with Crippen molar-refractivity contribution in [2.75, 3.05) is 6.54 Å². The van der Waals surface area contributed by atoms with Gasteiger partial charge in [0, 0.05) is 29.5 Å². The number of amides is 2. The van der Waals surface area contributed by atoms with E-state index in [9.17, 15) is 9.59 Å². The zero-order valence-electron chi connectivity index (χ0n) is 17.8. The minimum atomic E-state index is -0.330. The number of halogens is 1. The molecule has 0 atom stereocenters. The molecule has 1 aliphatic rings. The van der Waals surface area contributed by atoms with E-state index < -0.39 is 0 Å². The van der Waals surface area contributed by atoms with Gasteiger partial charge in [0.15, 0.2) is 0 Å². The second-order valence-corrected chi connectivity index (χ2v) is 10.9. The summed E-state index contributed by atoms with van der Waals surface area (Å²) in [5.41, 5.74) is 1.67. The Morgan fingerprint density at radius 1 is 1.16 bits per heavy atom. The number of hydrogen-bond donors (Lipinski definition) is 0. The van der Waals surface area contributed by atoms with Gasteiger partial charge in [-0.05, 0) is 50.1 Å². The minimum Gasteiger partial charge on any atom is -0.333 e. The smallest absolute Gasteiger partial charge is 0.266 e. The molecule has 2 aromatic rings. The number of rotatable bonds is 6. The van der Waals surface area contributed by atoms with Crippen molar-refractivity contribution in [1.29, 1.82) is 0 Å². The Labute approximate surface area is 201 Å². The average molecular weight is 518 g/mol. The van der Waals surface area contributed by atoms with Crippen LogP contribution in [-0.2, 0) is 16.1 Å². The Balaban J connectivity index is 1.68.